The molecule has 58 valence electrons. The smallest absolute Gasteiger partial charge is 0.423 e. The van der Waals surface area contributed by atoms with Crippen molar-refractivity contribution < 1.29 is 13.9 Å². The molecule has 0 bridgehead atoms. The summed E-state index contributed by atoms with van der Waals surface area (Å²) in [5.74, 6) is 0.620. The molecule has 0 atom stereocenters. The first-order valence-corrected chi connectivity index (χ1v) is 3.63. The molecule has 1 aromatic carbocycles. The van der Waals surface area contributed by atoms with Crippen LogP contribution in [0.15, 0.2) is 24.3 Å². The molecule has 1 aromatic rings. The summed E-state index contributed by atoms with van der Waals surface area (Å²) in [6.07, 6.45) is 0. The Hall–Kier alpha value is -0.515. The largest absolute Gasteiger partial charge is 0.488 e. The molecule has 0 spiro atoms. The SMILES string of the molecule is OB(O)c1ccc(OBr)cc1. The molecular formula is C6H6BBrO3. The van der Waals surface area contributed by atoms with Crippen LogP contribution >= 0.6 is 16.3 Å². The van der Waals surface area contributed by atoms with Crippen molar-refractivity contribution in [2.45, 2.75) is 0 Å². The second-order valence-electron chi connectivity index (χ2n) is 2.02. The number of rotatable bonds is 2. The number of benzene rings is 1. The van der Waals surface area contributed by atoms with E-state index in [4.69, 9.17) is 13.9 Å². The van der Waals surface area contributed by atoms with Crippen LogP contribution in [0.25, 0.3) is 0 Å². The van der Waals surface area contributed by atoms with Gasteiger partial charge in [0.1, 0.15) is 5.75 Å². The summed E-state index contributed by atoms with van der Waals surface area (Å²) in [6, 6.07) is 6.40. The lowest BCUT2D eigenvalue weighted by Crippen LogP contribution is -2.29. The zero-order chi connectivity index (χ0) is 8.27. The molecule has 1 rings (SSSR count). The molecular weight excluding hydrogens is 211 g/mol. The normalized spacial score (nSPS) is 9.36. The quantitative estimate of drug-likeness (QED) is 0.688. The van der Waals surface area contributed by atoms with Crippen molar-refractivity contribution in [3.63, 3.8) is 0 Å². The third-order valence-electron chi connectivity index (χ3n) is 1.27. The zero-order valence-electron chi connectivity index (χ0n) is 5.57. The lowest BCUT2D eigenvalue weighted by atomic mass is 9.80. The lowest BCUT2D eigenvalue weighted by Gasteiger charge is -1.99. The summed E-state index contributed by atoms with van der Waals surface area (Å²) < 4.78 is 4.70. The second kappa shape index (κ2) is 3.76. The highest BCUT2D eigenvalue weighted by molar-refractivity contribution is 9.06. The van der Waals surface area contributed by atoms with Gasteiger partial charge in [-0.15, -0.1) is 0 Å². The monoisotopic (exact) mass is 216 g/mol. The van der Waals surface area contributed by atoms with Gasteiger partial charge in [0.2, 0.25) is 0 Å². The maximum atomic E-state index is 8.69. The fourth-order valence-electron chi connectivity index (χ4n) is 0.691. The van der Waals surface area contributed by atoms with Crippen molar-refractivity contribution in [1.29, 1.82) is 0 Å². The number of hydrogen-bond donors (Lipinski definition) is 2. The van der Waals surface area contributed by atoms with E-state index in [1.165, 1.54) is 0 Å². The van der Waals surface area contributed by atoms with Crippen LogP contribution in [0.3, 0.4) is 0 Å². The predicted octanol–water partition coefficient (Wildman–Crippen LogP) is 0.0551. The van der Waals surface area contributed by atoms with Crippen LogP contribution in [-0.2, 0) is 0 Å². The minimum Gasteiger partial charge on any atom is -0.423 e. The van der Waals surface area contributed by atoms with Crippen molar-refractivity contribution in [2.24, 2.45) is 0 Å². The Kier molecular flexibility index (Phi) is 2.93. The fourth-order valence-corrected chi connectivity index (χ4v) is 0.907. The van der Waals surface area contributed by atoms with Crippen molar-refractivity contribution in [2.75, 3.05) is 0 Å². The number of hydrogen-bond acceptors (Lipinski definition) is 3. The standard InChI is InChI=1S/C6H6BBrO3/c8-11-6-3-1-5(2-4-6)7(9)10/h1-4,9-10H. The van der Waals surface area contributed by atoms with Gasteiger partial charge in [-0.25, -0.2) is 0 Å². The Morgan fingerprint density at radius 1 is 1.18 bits per heavy atom. The van der Waals surface area contributed by atoms with Gasteiger partial charge < -0.3 is 13.9 Å². The highest BCUT2D eigenvalue weighted by Gasteiger charge is 2.09. The van der Waals surface area contributed by atoms with E-state index in [0.29, 0.717) is 11.2 Å². The van der Waals surface area contributed by atoms with Gasteiger partial charge in [0.05, 0.1) is 0 Å². The van der Waals surface area contributed by atoms with Gasteiger partial charge in [-0.05, 0) is 17.6 Å². The molecule has 0 unspecified atom stereocenters. The minimum atomic E-state index is -1.42. The Balaban J connectivity index is 2.83. The zero-order valence-corrected chi connectivity index (χ0v) is 7.15. The molecule has 0 aliphatic heterocycles. The van der Waals surface area contributed by atoms with Gasteiger partial charge in [-0.3, -0.25) is 0 Å². The van der Waals surface area contributed by atoms with Crippen molar-refractivity contribution in [1.82, 2.24) is 0 Å². The van der Waals surface area contributed by atoms with Gasteiger partial charge in [0, 0.05) is 0 Å². The Bertz CT molecular complexity index is 224. The van der Waals surface area contributed by atoms with E-state index < -0.39 is 7.12 Å². The highest BCUT2D eigenvalue weighted by atomic mass is 79.9. The van der Waals surface area contributed by atoms with Gasteiger partial charge >= 0.3 is 7.12 Å². The van der Waals surface area contributed by atoms with Crippen LogP contribution in [0.1, 0.15) is 0 Å². The summed E-state index contributed by atoms with van der Waals surface area (Å²) in [7, 11) is -1.42. The van der Waals surface area contributed by atoms with Crippen LogP contribution in [0, 0.1) is 0 Å². The van der Waals surface area contributed by atoms with Crippen LogP contribution in [0.4, 0.5) is 0 Å². The van der Waals surface area contributed by atoms with Gasteiger partial charge in [0.15, 0.2) is 16.3 Å². The van der Waals surface area contributed by atoms with E-state index in [2.05, 4.69) is 16.3 Å². The van der Waals surface area contributed by atoms with Crippen LogP contribution < -0.4 is 9.29 Å². The average molecular weight is 217 g/mol. The summed E-state index contributed by atoms with van der Waals surface area (Å²) in [5, 5.41) is 17.4. The van der Waals surface area contributed by atoms with Crippen molar-refractivity contribution in [3.8, 4) is 5.75 Å². The topological polar surface area (TPSA) is 49.7 Å². The predicted molar refractivity (Wildman–Crippen MR) is 45.8 cm³/mol. The maximum Gasteiger partial charge on any atom is 0.488 e. The molecule has 0 radical (unpaired) electrons. The third kappa shape index (κ3) is 2.22. The Labute approximate surface area is 73.2 Å². The van der Waals surface area contributed by atoms with E-state index in [9.17, 15) is 0 Å². The molecule has 0 saturated carbocycles. The second-order valence-corrected chi connectivity index (χ2v) is 2.34. The average Bonchev–Trinajstić information content (AvgIpc) is 2.05. The molecule has 0 aliphatic carbocycles. The van der Waals surface area contributed by atoms with Gasteiger partial charge in [-0.2, -0.15) is 0 Å². The molecule has 0 aromatic heterocycles. The van der Waals surface area contributed by atoms with Crippen LogP contribution in [0.5, 0.6) is 5.75 Å². The van der Waals surface area contributed by atoms with Crippen LogP contribution in [0.2, 0.25) is 0 Å². The van der Waals surface area contributed by atoms with E-state index in [0.717, 1.165) is 0 Å². The first kappa shape index (κ1) is 8.58. The molecule has 0 amide bonds. The Morgan fingerprint density at radius 2 is 1.73 bits per heavy atom. The fraction of sp³-hybridized carbons (Fsp3) is 0. The first-order valence-electron chi connectivity index (χ1n) is 2.98. The molecule has 0 saturated heterocycles. The molecule has 0 aliphatic rings. The maximum absolute atomic E-state index is 8.69. The van der Waals surface area contributed by atoms with E-state index in [1.54, 1.807) is 24.3 Å². The highest BCUT2D eigenvalue weighted by Crippen LogP contribution is 2.09. The summed E-state index contributed by atoms with van der Waals surface area (Å²) in [6.45, 7) is 0. The van der Waals surface area contributed by atoms with Crippen LogP contribution in [-0.4, -0.2) is 17.2 Å². The molecule has 3 nitrogen and oxygen atoms in total. The lowest BCUT2D eigenvalue weighted by molar-refractivity contribution is 0.426. The molecule has 0 heterocycles. The first-order chi connectivity index (χ1) is 5.24. The molecule has 11 heavy (non-hydrogen) atoms. The Morgan fingerprint density at radius 3 is 2.09 bits per heavy atom. The summed E-state index contributed by atoms with van der Waals surface area (Å²) >= 11 is 2.79. The minimum absolute atomic E-state index is 0.443. The molecule has 5 heteroatoms. The van der Waals surface area contributed by atoms with Crippen molar-refractivity contribution in [3.05, 3.63) is 24.3 Å². The molecule has 2 N–H and O–H groups in total. The van der Waals surface area contributed by atoms with E-state index in [-0.39, 0.29) is 0 Å². The van der Waals surface area contributed by atoms with Crippen molar-refractivity contribution >= 4 is 28.8 Å². The summed E-state index contributed by atoms with van der Waals surface area (Å²) in [4.78, 5) is 0. The van der Waals surface area contributed by atoms with E-state index in [1.807, 2.05) is 0 Å². The third-order valence-corrected chi connectivity index (χ3v) is 1.64. The van der Waals surface area contributed by atoms with Gasteiger partial charge in [-0.1, -0.05) is 12.1 Å². The number of halogens is 1. The van der Waals surface area contributed by atoms with E-state index >= 15 is 0 Å². The van der Waals surface area contributed by atoms with Gasteiger partial charge in [0.25, 0.3) is 0 Å². The summed E-state index contributed by atoms with van der Waals surface area (Å²) in [5.41, 5.74) is 0.443. The molecule has 0 fully saturated rings.